The smallest absolute Gasteiger partial charge is 0.258 e. The number of carbonyl (C=O) groups is 1. The third kappa shape index (κ3) is 3.99. The number of hydrogen-bond donors (Lipinski definition) is 2. The Morgan fingerprint density at radius 1 is 0.967 bits per heavy atom. The van der Waals surface area contributed by atoms with Crippen molar-refractivity contribution in [2.45, 2.75) is 12.6 Å². The Bertz CT molecular complexity index is 1220. The molecular formula is C24H21N3O3. The van der Waals surface area contributed by atoms with Crippen molar-refractivity contribution in [2.75, 3.05) is 6.61 Å². The molecule has 150 valence electrons. The molecule has 4 aromatic rings. The predicted octanol–water partition coefficient (Wildman–Crippen LogP) is 2.91. The summed E-state index contributed by atoms with van der Waals surface area (Å²) in [6.45, 7) is 0.0962. The zero-order valence-corrected chi connectivity index (χ0v) is 16.2. The Labute approximate surface area is 173 Å². The average molecular weight is 399 g/mol. The fraction of sp³-hybridized carbons (Fsp3) is 0.125. The molecule has 30 heavy (non-hydrogen) atoms. The van der Waals surface area contributed by atoms with Gasteiger partial charge in [0.2, 0.25) is 0 Å². The van der Waals surface area contributed by atoms with Crippen molar-refractivity contribution in [1.29, 1.82) is 0 Å². The van der Waals surface area contributed by atoms with Crippen LogP contribution in [0.1, 0.15) is 27.5 Å². The second kappa shape index (κ2) is 8.71. The molecule has 2 N–H and O–H groups in total. The van der Waals surface area contributed by atoms with Gasteiger partial charge in [0.25, 0.3) is 11.5 Å². The second-order valence-electron chi connectivity index (χ2n) is 7.00. The summed E-state index contributed by atoms with van der Waals surface area (Å²) in [6, 6.07) is 19.5. The first-order valence-corrected chi connectivity index (χ1v) is 9.65. The van der Waals surface area contributed by atoms with Crippen LogP contribution in [0.2, 0.25) is 0 Å². The molecule has 4 rings (SSSR count). The quantitative estimate of drug-likeness (QED) is 0.522. The highest BCUT2D eigenvalue weighted by molar-refractivity contribution is 6.06. The minimum Gasteiger partial charge on any atom is -0.394 e. The molecule has 0 fully saturated rings. The van der Waals surface area contributed by atoms with E-state index in [1.165, 1.54) is 4.57 Å². The zero-order valence-electron chi connectivity index (χ0n) is 16.2. The van der Waals surface area contributed by atoms with Gasteiger partial charge in [0.1, 0.15) is 0 Å². The summed E-state index contributed by atoms with van der Waals surface area (Å²) in [6.07, 6.45) is 4.92. The highest BCUT2D eigenvalue weighted by Gasteiger charge is 2.19. The SMILES string of the molecule is O=C(NC(CO)c1ccccc1)c1cn(Cc2ccncc2)c(=O)c2ccccc12. The molecule has 0 aliphatic carbocycles. The van der Waals surface area contributed by atoms with Crippen molar-refractivity contribution >= 4 is 16.7 Å². The molecule has 0 spiro atoms. The number of rotatable bonds is 6. The van der Waals surface area contributed by atoms with Gasteiger partial charge in [0.05, 0.1) is 24.8 Å². The topological polar surface area (TPSA) is 84.2 Å². The summed E-state index contributed by atoms with van der Waals surface area (Å²) in [5, 5.41) is 13.7. The molecule has 6 nitrogen and oxygen atoms in total. The van der Waals surface area contributed by atoms with E-state index in [9.17, 15) is 14.7 Å². The maximum atomic E-state index is 13.2. The van der Waals surface area contributed by atoms with E-state index in [1.54, 1.807) is 42.9 Å². The average Bonchev–Trinajstić information content (AvgIpc) is 2.80. The van der Waals surface area contributed by atoms with Gasteiger partial charge in [-0.3, -0.25) is 14.6 Å². The molecule has 0 saturated heterocycles. The highest BCUT2D eigenvalue weighted by atomic mass is 16.3. The van der Waals surface area contributed by atoms with Crippen LogP contribution in [0.4, 0.5) is 0 Å². The number of carbonyl (C=O) groups excluding carboxylic acids is 1. The van der Waals surface area contributed by atoms with E-state index in [4.69, 9.17) is 0 Å². The summed E-state index contributed by atoms with van der Waals surface area (Å²) in [5.74, 6) is -0.349. The van der Waals surface area contributed by atoms with Gasteiger partial charge in [-0.1, -0.05) is 48.5 Å². The minimum absolute atomic E-state index is 0.166. The van der Waals surface area contributed by atoms with E-state index >= 15 is 0 Å². The number of benzene rings is 2. The Morgan fingerprint density at radius 3 is 2.33 bits per heavy atom. The van der Waals surface area contributed by atoms with E-state index in [0.717, 1.165) is 11.1 Å². The second-order valence-corrected chi connectivity index (χ2v) is 7.00. The molecule has 2 aromatic heterocycles. The van der Waals surface area contributed by atoms with Crippen molar-refractivity contribution < 1.29 is 9.90 Å². The number of nitrogens with zero attached hydrogens (tertiary/aromatic N) is 2. The molecule has 2 aromatic carbocycles. The Balaban J connectivity index is 1.74. The standard InChI is InChI=1S/C24H21N3O3/c28-16-22(18-6-2-1-3-7-18)26-23(29)21-15-27(14-17-10-12-25-13-11-17)24(30)20-9-5-4-8-19(20)21/h1-13,15,22,28H,14,16H2,(H,26,29). The molecule has 1 unspecified atom stereocenters. The number of aromatic nitrogens is 2. The first kappa shape index (κ1) is 19.5. The molecule has 0 aliphatic heterocycles. The maximum Gasteiger partial charge on any atom is 0.258 e. The summed E-state index contributed by atoms with van der Waals surface area (Å²) in [4.78, 5) is 30.2. The largest absolute Gasteiger partial charge is 0.394 e. The Kier molecular flexibility index (Phi) is 5.68. The lowest BCUT2D eigenvalue weighted by Gasteiger charge is -2.18. The van der Waals surface area contributed by atoms with Crippen LogP contribution in [0.25, 0.3) is 10.8 Å². The van der Waals surface area contributed by atoms with Crippen molar-refractivity contribution in [3.8, 4) is 0 Å². The van der Waals surface area contributed by atoms with Gasteiger partial charge in [-0.15, -0.1) is 0 Å². The number of pyridine rings is 2. The maximum absolute atomic E-state index is 13.2. The molecule has 0 saturated carbocycles. The van der Waals surface area contributed by atoms with Crippen LogP contribution < -0.4 is 10.9 Å². The van der Waals surface area contributed by atoms with Crippen molar-refractivity contribution in [2.24, 2.45) is 0 Å². The van der Waals surface area contributed by atoms with Gasteiger partial charge in [0, 0.05) is 29.4 Å². The molecule has 0 bridgehead atoms. The van der Waals surface area contributed by atoms with Crippen molar-refractivity contribution in [3.05, 3.63) is 112 Å². The van der Waals surface area contributed by atoms with Crippen molar-refractivity contribution in [3.63, 3.8) is 0 Å². The number of aliphatic hydroxyl groups is 1. The highest BCUT2D eigenvalue weighted by Crippen LogP contribution is 2.18. The molecule has 6 heteroatoms. The van der Waals surface area contributed by atoms with Crippen LogP contribution >= 0.6 is 0 Å². The zero-order chi connectivity index (χ0) is 20.9. The minimum atomic E-state index is -0.543. The summed E-state index contributed by atoms with van der Waals surface area (Å²) in [5.41, 5.74) is 1.93. The van der Waals surface area contributed by atoms with Gasteiger partial charge < -0.3 is 15.0 Å². The molecule has 0 aliphatic rings. The lowest BCUT2D eigenvalue weighted by atomic mass is 10.0. The molecule has 1 amide bonds. The third-order valence-corrected chi connectivity index (χ3v) is 5.03. The first-order valence-electron chi connectivity index (χ1n) is 9.65. The normalized spacial score (nSPS) is 11.9. The predicted molar refractivity (Wildman–Crippen MR) is 115 cm³/mol. The Morgan fingerprint density at radius 2 is 1.63 bits per heavy atom. The van der Waals surface area contributed by atoms with Gasteiger partial charge in [-0.05, 0) is 29.3 Å². The number of aliphatic hydroxyl groups excluding tert-OH is 1. The van der Waals surface area contributed by atoms with E-state index in [0.29, 0.717) is 22.9 Å². The van der Waals surface area contributed by atoms with E-state index in [1.807, 2.05) is 42.5 Å². The van der Waals surface area contributed by atoms with E-state index < -0.39 is 6.04 Å². The summed E-state index contributed by atoms with van der Waals surface area (Å²) >= 11 is 0. The van der Waals surface area contributed by atoms with Crippen LogP contribution in [0.3, 0.4) is 0 Å². The summed E-state index contributed by atoms with van der Waals surface area (Å²) in [7, 11) is 0. The number of amides is 1. The van der Waals surface area contributed by atoms with E-state index in [-0.39, 0.29) is 18.1 Å². The summed E-state index contributed by atoms with van der Waals surface area (Å²) < 4.78 is 1.53. The van der Waals surface area contributed by atoms with E-state index in [2.05, 4.69) is 10.3 Å². The number of fused-ring (bicyclic) bond motifs is 1. The van der Waals surface area contributed by atoms with Crippen LogP contribution in [-0.2, 0) is 6.54 Å². The monoisotopic (exact) mass is 399 g/mol. The van der Waals surface area contributed by atoms with Gasteiger partial charge in [-0.2, -0.15) is 0 Å². The lowest BCUT2D eigenvalue weighted by Crippen LogP contribution is -2.32. The Hall–Kier alpha value is -3.77. The molecule has 2 heterocycles. The lowest BCUT2D eigenvalue weighted by molar-refractivity contribution is 0.0917. The van der Waals surface area contributed by atoms with Crippen molar-refractivity contribution in [1.82, 2.24) is 14.9 Å². The first-order chi connectivity index (χ1) is 14.7. The van der Waals surface area contributed by atoms with Gasteiger partial charge in [0.15, 0.2) is 0 Å². The van der Waals surface area contributed by atoms with Crippen LogP contribution in [0, 0.1) is 0 Å². The molecule has 1 atom stereocenters. The fourth-order valence-corrected chi connectivity index (χ4v) is 3.48. The van der Waals surface area contributed by atoms with Crippen LogP contribution in [-0.4, -0.2) is 27.2 Å². The molecule has 0 radical (unpaired) electrons. The van der Waals surface area contributed by atoms with Crippen LogP contribution in [0.5, 0.6) is 0 Å². The molecular weight excluding hydrogens is 378 g/mol. The number of hydrogen-bond acceptors (Lipinski definition) is 4. The third-order valence-electron chi connectivity index (χ3n) is 5.03. The number of nitrogens with one attached hydrogen (secondary N) is 1. The van der Waals surface area contributed by atoms with Crippen LogP contribution in [0.15, 0.2) is 90.1 Å². The van der Waals surface area contributed by atoms with Gasteiger partial charge in [-0.25, -0.2) is 0 Å². The fourth-order valence-electron chi connectivity index (χ4n) is 3.48. The van der Waals surface area contributed by atoms with Gasteiger partial charge >= 0.3 is 0 Å².